The molecule has 1 aromatic rings. The summed E-state index contributed by atoms with van der Waals surface area (Å²) in [6, 6.07) is 2.25. The van der Waals surface area contributed by atoms with Crippen LogP contribution in [0.5, 0.6) is 5.75 Å². The van der Waals surface area contributed by atoms with Gasteiger partial charge in [0.2, 0.25) is 10.0 Å². The van der Waals surface area contributed by atoms with Gasteiger partial charge in [0.25, 0.3) is 0 Å². The number of ether oxygens (including phenoxy) is 2. The molecule has 0 heterocycles. The zero-order valence-electron chi connectivity index (χ0n) is 10.9. The molecule has 7 nitrogen and oxygen atoms in total. The molecule has 0 unspecified atom stereocenters. The molecule has 10 heteroatoms. The molecule has 21 heavy (non-hydrogen) atoms. The lowest BCUT2D eigenvalue weighted by Gasteiger charge is -2.12. The third kappa shape index (κ3) is 5.33. The van der Waals surface area contributed by atoms with Crippen molar-refractivity contribution in [1.29, 1.82) is 0 Å². The van der Waals surface area contributed by atoms with Crippen molar-refractivity contribution in [3.05, 3.63) is 22.2 Å². The van der Waals surface area contributed by atoms with E-state index in [0.29, 0.717) is 6.61 Å². The first-order chi connectivity index (χ1) is 9.77. The maximum Gasteiger partial charge on any atom is 0.318 e. The van der Waals surface area contributed by atoms with Crippen LogP contribution in [0.4, 0.5) is 0 Å². The quantitative estimate of drug-likeness (QED) is 0.681. The molecule has 0 atom stereocenters. The Balaban J connectivity index is 2.99. The molecule has 0 spiro atoms. The van der Waals surface area contributed by atoms with Gasteiger partial charge in [0.1, 0.15) is 13.2 Å². The van der Waals surface area contributed by atoms with Crippen LogP contribution in [0.15, 0.2) is 17.0 Å². The van der Waals surface area contributed by atoms with E-state index in [-0.39, 0.29) is 27.3 Å². The lowest BCUT2D eigenvalue weighted by Crippen LogP contribution is -2.29. The Morgan fingerprint density at radius 3 is 2.33 bits per heavy atom. The van der Waals surface area contributed by atoms with Gasteiger partial charge in [-0.2, -0.15) is 4.72 Å². The minimum Gasteiger partial charge on any atom is -0.488 e. The zero-order valence-corrected chi connectivity index (χ0v) is 13.3. The molecule has 0 radical (unpaired) electrons. The standard InChI is InChI=1S/C11H13Cl2NO6S/c1-19-2-3-20-11-8(12)4-7(5-9(11)13)21(17,18)14-6-10(15)16/h4-5,14H,2-3,6H2,1H3,(H,15,16). The van der Waals surface area contributed by atoms with Crippen LogP contribution in [0.3, 0.4) is 0 Å². The van der Waals surface area contributed by atoms with E-state index in [2.05, 4.69) is 0 Å². The fourth-order valence-electron chi connectivity index (χ4n) is 1.30. The number of sulfonamides is 1. The molecule has 0 aromatic heterocycles. The Kier molecular flexibility index (Phi) is 6.69. The summed E-state index contributed by atoms with van der Waals surface area (Å²) < 4.78 is 35.7. The van der Waals surface area contributed by atoms with Gasteiger partial charge < -0.3 is 14.6 Å². The molecule has 0 fully saturated rings. The maximum absolute atomic E-state index is 11.9. The molecule has 118 valence electrons. The lowest BCUT2D eigenvalue weighted by atomic mass is 10.3. The number of nitrogens with one attached hydrogen (secondary N) is 1. The third-order valence-electron chi connectivity index (χ3n) is 2.23. The Bertz CT molecular complexity index is 596. The molecule has 0 saturated heterocycles. The van der Waals surface area contributed by atoms with Gasteiger partial charge in [-0.25, -0.2) is 8.42 Å². The first kappa shape index (κ1) is 18.0. The van der Waals surface area contributed by atoms with Gasteiger partial charge in [-0.3, -0.25) is 4.79 Å². The molecule has 1 aromatic carbocycles. The molecule has 0 saturated carbocycles. The van der Waals surface area contributed by atoms with Crippen molar-refractivity contribution in [2.24, 2.45) is 0 Å². The van der Waals surface area contributed by atoms with Gasteiger partial charge in [0, 0.05) is 7.11 Å². The second-order valence-corrected chi connectivity index (χ2v) is 6.36. The number of carboxylic acid groups (broad SMARTS) is 1. The Labute approximate surface area is 131 Å². The van der Waals surface area contributed by atoms with Crippen molar-refractivity contribution in [3.63, 3.8) is 0 Å². The van der Waals surface area contributed by atoms with Crippen LogP contribution >= 0.6 is 23.2 Å². The summed E-state index contributed by atoms with van der Waals surface area (Å²) in [6.07, 6.45) is 0. The van der Waals surface area contributed by atoms with Crippen molar-refractivity contribution in [1.82, 2.24) is 4.72 Å². The van der Waals surface area contributed by atoms with Crippen molar-refractivity contribution in [2.75, 3.05) is 26.9 Å². The number of halogens is 2. The normalized spacial score (nSPS) is 11.4. The minimum absolute atomic E-state index is 0.00527. The van der Waals surface area contributed by atoms with Gasteiger partial charge >= 0.3 is 5.97 Å². The highest BCUT2D eigenvalue weighted by Gasteiger charge is 2.19. The van der Waals surface area contributed by atoms with E-state index in [1.165, 1.54) is 7.11 Å². The van der Waals surface area contributed by atoms with Crippen LogP contribution < -0.4 is 9.46 Å². The van der Waals surface area contributed by atoms with Gasteiger partial charge in [0.05, 0.1) is 21.5 Å². The van der Waals surface area contributed by atoms with Crippen LogP contribution in [0.25, 0.3) is 0 Å². The molecular formula is C11H13Cl2NO6S. The molecule has 0 amide bonds. The predicted octanol–water partition coefficient (Wildman–Crippen LogP) is 1.38. The van der Waals surface area contributed by atoms with E-state index in [0.717, 1.165) is 12.1 Å². The molecule has 0 aliphatic heterocycles. The molecule has 0 bridgehead atoms. The number of aliphatic carboxylic acids is 1. The average Bonchev–Trinajstić information content (AvgIpc) is 2.39. The highest BCUT2D eigenvalue weighted by atomic mass is 35.5. The minimum atomic E-state index is -4.02. The van der Waals surface area contributed by atoms with Crippen LogP contribution in [-0.4, -0.2) is 46.4 Å². The van der Waals surface area contributed by atoms with E-state index >= 15 is 0 Å². The van der Waals surface area contributed by atoms with E-state index in [1.807, 2.05) is 4.72 Å². The number of benzene rings is 1. The second-order valence-electron chi connectivity index (χ2n) is 3.78. The second kappa shape index (κ2) is 7.81. The maximum atomic E-state index is 11.9. The summed E-state index contributed by atoms with van der Waals surface area (Å²) >= 11 is 11.8. The van der Waals surface area contributed by atoms with Crippen molar-refractivity contribution in [3.8, 4) is 5.75 Å². The Morgan fingerprint density at radius 2 is 1.86 bits per heavy atom. The smallest absolute Gasteiger partial charge is 0.318 e. The van der Waals surface area contributed by atoms with E-state index in [9.17, 15) is 13.2 Å². The number of methoxy groups -OCH3 is 1. The van der Waals surface area contributed by atoms with Crippen LogP contribution in [0.1, 0.15) is 0 Å². The SMILES string of the molecule is COCCOc1c(Cl)cc(S(=O)(=O)NCC(=O)O)cc1Cl. The van der Waals surface area contributed by atoms with E-state index in [1.54, 1.807) is 0 Å². The van der Waals surface area contributed by atoms with Gasteiger partial charge in [-0.15, -0.1) is 0 Å². The summed E-state index contributed by atoms with van der Waals surface area (Å²) in [7, 11) is -2.53. The van der Waals surface area contributed by atoms with Crippen molar-refractivity contribution < 1.29 is 27.8 Å². The van der Waals surface area contributed by atoms with Crippen molar-refractivity contribution in [2.45, 2.75) is 4.90 Å². The molecular weight excluding hydrogens is 345 g/mol. The highest BCUT2D eigenvalue weighted by molar-refractivity contribution is 7.89. The molecule has 0 aliphatic rings. The fraction of sp³-hybridized carbons (Fsp3) is 0.364. The Morgan fingerprint density at radius 1 is 1.29 bits per heavy atom. The molecule has 1 rings (SSSR count). The number of carbonyl (C=O) groups is 1. The van der Waals surface area contributed by atoms with Crippen LogP contribution in [0.2, 0.25) is 10.0 Å². The average molecular weight is 358 g/mol. The summed E-state index contributed by atoms with van der Waals surface area (Å²) in [4.78, 5) is 10.1. The van der Waals surface area contributed by atoms with Gasteiger partial charge in [-0.1, -0.05) is 23.2 Å². The third-order valence-corrected chi connectivity index (χ3v) is 4.17. The Hall–Kier alpha value is -1.06. The largest absolute Gasteiger partial charge is 0.488 e. The summed E-state index contributed by atoms with van der Waals surface area (Å²) in [6.45, 7) is -0.240. The summed E-state index contributed by atoms with van der Waals surface area (Å²) in [5.41, 5.74) is 0. The number of carboxylic acids is 1. The monoisotopic (exact) mass is 357 g/mol. The van der Waals surface area contributed by atoms with E-state index in [4.69, 9.17) is 37.8 Å². The predicted molar refractivity (Wildman–Crippen MR) is 76.7 cm³/mol. The highest BCUT2D eigenvalue weighted by Crippen LogP contribution is 2.35. The molecule has 2 N–H and O–H groups in total. The van der Waals surface area contributed by atoms with Crippen LogP contribution in [0, 0.1) is 0 Å². The first-order valence-corrected chi connectivity index (χ1v) is 7.84. The number of rotatable bonds is 8. The van der Waals surface area contributed by atoms with E-state index < -0.39 is 22.5 Å². The zero-order chi connectivity index (χ0) is 16.0. The fourth-order valence-corrected chi connectivity index (χ4v) is 3.05. The van der Waals surface area contributed by atoms with Gasteiger partial charge in [-0.05, 0) is 12.1 Å². The lowest BCUT2D eigenvalue weighted by molar-refractivity contribution is -0.135. The number of hydrogen-bond donors (Lipinski definition) is 2. The van der Waals surface area contributed by atoms with Crippen LogP contribution in [-0.2, 0) is 19.6 Å². The van der Waals surface area contributed by atoms with Crippen molar-refractivity contribution >= 4 is 39.2 Å². The van der Waals surface area contributed by atoms with Gasteiger partial charge in [0.15, 0.2) is 5.75 Å². The topological polar surface area (TPSA) is 102 Å². The number of hydrogen-bond acceptors (Lipinski definition) is 5. The first-order valence-electron chi connectivity index (χ1n) is 5.60. The molecule has 0 aliphatic carbocycles. The summed E-state index contributed by atoms with van der Waals surface area (Å²) in [5.74, 6) is -1.18. The summed E-state index contributed by atoms with van der Waals surface area (Å²) in [5, 5.41) is 8.48.